The minimum absolute atomic E-state index is 0.219. The van der Waals surface area contributed by atoms with Crippen LogP contribution in [0.4, 0.5) is 0 Å². The molecule has 1 saturated heterocycles. The second-order valence-electron chi connectivity index (χ2n) is 6.44. The van der Waals surface area contributed by atoms with Crippen molar-refractivity contribution in [1.82, 2.24) is 4.90 Å². The van der Waals surface area contributed by atoms with Crippen molar-refractivity contribution < 1.29 is 13.2 Å². The van der Waals surface area contributed by atoms with Crippen LogP contribution in [-0.4, -0.2) is 37.6 Å². The van der Waals surface area contributed by atoms with Crippen LogP contribution in [0.25, 0.3) is 10.8 Å². The van der Waals surface area contributed by atoms with Crippen molar-refractivity contribution in [2.24, 2.45) is 0 Å². The van der Waals surface area contributed by atoms with E-state index in [2.05, 4.69) is 0 Å². The molecule has 1 aliphatic rings. The first kappa shape index (κ1) is 17.0. The highest BCUT2D eigenvalue weighted by atomic mass is 32.2. The van der Waals surface area contributed by atoms with Gasteiger partial charge in [-0.3, -0.25) is 4.79 Å². The molecule has 0 N–H and O–H groups in total. The minimum Gasteiger partial charge on any atom is -0.342 e. The first-order valence-corrected chi connectivity index (χ1v) is 10.1. The van der Waals surface area contributed by atoms with Crippen molar-refractivity contribution in [3.63, 3.8) is 0 Å². The predicted octanol–water partition coefficient (Wildman–Crippen LogP) is 3.40. The van der Waals surface area contributed by atoms with Crippen LogP contribution < -0.4 is 0 Å². The molecule has 0 saturated carbocycles. The van der Waals surface area contributed by atoms with Gasteiger partial charge in [-0.25, -0.2) is 8.42 Å². The summed E-state index contributed by atoms with van der Waals surface area (Å²) in [6, 6.07) is 12.7. The summed E-state index contributed by atoms with van der Waals surface area (Å²) in [5.41, 5.74) is 0. The third-order valence-electron chi connectivity index (χ3n) is 4.78. The fourth-order valence-electron chi connectivity index (χ4n) is 3.23. The maximum Gasteiger partial charge on any atom is 0.241 e. The molecule has 4 nitrogen and oxygen atoms in total. The van der Waals surface area contributed by atoms with E-state index in [-0.39, 0.29) is 10.8 Å². The summed E-state index contributed by atoms with van der Waals surface area (Å²) in [5, 5.41) is 0.813. The lowest BCUT2D eigenvalue weighted by Crippen LogP contribution is -2.42. The van der Waals surface area contributed by atoms with Gasteiger partial charge in [0.25, 0.3) is 0 Å². The molecule has 1 atom stereocenters. The van der Waals surface area contributed by atoms with E-state index in [0.717, 1.165) is 36.5 Å². The molecule has 0 aliphatic carbocycles. The molecule has 24 heavy (non-hydrogen) atoms. The lowest BCUT2D eigenvalue weighted by Gasteiger charge is -2.24. The summed E-state index contributed by atoms with van der Waals surface area (Å²) >= 11 is 0. The van der Waals surface area contributed by atoms with E-state index in [9.17, 15) is 13.2 Å². The van der Waals surface area contributed by atoms with Crippen LogP contribution in [0.1, 0.15) is 32.6 Å². The van der Waals surface area contributed by atoms with Gasteiger partial charge < -0.3 is 4.90 Å². The van der Waals surface area contributed by atoms with Crippen LogP contribution in [-0.2, 0) is 14.6 Å². The van der Waals surface area contributed by atoms with Gasteiger partial charge in [0.2, 0.25) is 5.91 Å². The Bertz CT molecular complexity index is 837. The largest absolute Gasteiger partial charge is 0.342 e. The summed E-state index contributed by atoms with van der Waals surface area (Å²) in [5.74, 6) is -0.273. The number of amides is 1. The molecule has 1 unspecified atom stereocenters. The Morgan fingerprint density at radius 1 is 0.958 bits per heavy atom. The molecule has 1 aliphatic heterocycles. The van der Waals surface area contributed by atoms with E-state index in [0.29, 0.717) is 13.1 Å². The Balaban J connectivity index is 1.88. The standard InChI is InChI=1S/C19H23NO3S/c1-15(19(21)20-12-6-2-3-7-13-20)24(22,23)18-11-10-16-8-4-5-9-17(16)14-18/h4-5,8-11,14-15H,2-3,6-7,12-13H2,1H3. The number of sulfone groups is 1. The smallest absolute Gasteiger partial charge is 0.241 e. The van der Waals surface area contributed by atoms with Crippen molar-refractivity contribution >= 4 is 26.5 Å². The maximum atomic E-state index is 12.9. The van der Waals surface area contributed by atoms with Gasteiger partial charge in [0.05, 0.1) is 4.90 Å². The third-order valence-corrected chi connectivity index (χ3v) is 6.82. The number of fused-ring (bicyclic) bond motifs is 1. The molecule has 3 rings (SSSR count). The van der Waals surface area contributed by atoms with Crippen LogP contribution >= 0.6 is 0 Å². The number of carbonyl (C=O) groups is 1. The third kappa shape index (κ3) is 3.31. The number of benzene rings is 2. The molecule has 2 aromatic carbocycles. The molecule has 0 radical (unpaired) electrons. The van der Waals surface area contributed by atoms with Crippen LogP contribution in [0.15, 0.2) is 47.4 Å². The number of nitrogens with zero attached hydrogens (tertiary/aromatic N) is 1. The van der Waals surface area contributed by atoms with E-state index in [1.165, 1.54) is 6.92 Å². The number of hydrogen-bond donors (Lipinski definition) is 0. The van der Waals surface area contributed by atoms with Crippen molar-refractivity contribution in [1.29, 1.82) is 0 Å². The van der Waals surface area contributed by atoms with Crippen molar-refractivity contribution in [3.05, 3.63) is 42.5 Å². The molecule has 0 bridgehead atoms. The second-order valence-corrected chi connectivity index (χ2v) is 8.70. The number of likely N-dealkylation sites (tertiary alicyclic amines) is 1. The van der Waals surface area contributed by atoms with E-state index < -0.39 is 15.1 Å². The van der Waals surface area contributed by atoms with Gasteiger partial charge in [0, 0.05) is 13.1 Å². The zero-order valence-corrected chi connectivity index (χ0v) is 14.8. The average molecular weight is 345 g/mol. The van der Waals surface area contributed by atoms with Crippen LogP contribution in [0.5, 0.6) is 0 Å². The zero-order valence-electron chi connectivity index (χ0n) is 13.9. The Hall–Kier alpha value is -1.88. The van der Waals surface area contributed by atoms with Gasteiger partial charge in [-0.05, 0) is 42.7 Å². The Labute approximate surface area is 143 Å². The zero-order chi connectivity index (χ0) is 17.2. The Morgan fingerprint density at radius 3 is 2.25 bits per heavy atom. The molecular weight excluding hydrogens is 322 g/mol. The first-order chi connectivity index (χ1) is 11.5. The molecular formula is C19H23NO3S. The van der Waals surface area contributed by atoms with Gasteiger partial charge in [-0.2, -0.15) is 0 Å². The van der Waals surface area contributed by atoms with Gasteiger partial charge >= 0.3 is 0 Å². The topological polar surface area (TPSA) is 54.5 Å². The van der Waals surface area contributed by atoms with Crippen molar-refractivity contribution in [3.8, 4) is 0 Å². The highest BCUT2D eigenvalue weighted by Gasteiger charge is 2.33. The van der Waals surface area contributed by atoms with Gasteiger partial charge in [0.1, 0.15) is 5.25 Å². The lowest BCUT2D eigenvalue weighted by atomic mass is 10.1. The quantitative estimate of drug-likeness (QED) is 0.857. The van der Waals surface area contributed by atoms with Gasteiger partial charge in [-0.1, -0.05) is 43.2 Å². The number of rotatable bonds is 3. The van der Waals surface area contributed by atoms with Crippen LogP contribution in [0.3, 0.4) is 0 Å². The Kier molecular flexibility index (Phi) is 4.90. The molecule has 1 fully saturated rings. The SMILES string of the molecule is CC(C(=O)N1CCCCCC1)S(=O)(=O)c1ccc2ccccc2c1. The first-order valence-electron chi connectivity index (χ1n) is 8.51. The highest BCUT2D eigenvalue weighted by molar-refractivity contribution is 7.92. The van der Waals surface area contributed by atoms with Crippen LogP contribution in [0.2, 0.25) is 0 Å². The molecule has 0 aromatic heterocycles. The summed E-state index contributed by atoms with van der Waals surface area (Å²) in [4.78, 5) is 14.6. The number of hydrogen-bond acceptors (Lipinski definition) is 3. The average Bonchev–Trinajstić information content (AvgIpc) is 2.89. The predicted molar refractivity (Wildman–Crippen MR) is 95.6 cm³/mol. The molecule has 1 heterocycles. The highest BCUT2D eigenvalue weighted by Crippen LogP contribution is 2.23. The molecule has 128 valence electrons. The molecule has 5 heteroatoms. The monoisotopic (exact) mass is 345 g/mol. The lowest BCUT2D eigenvalue weighted by molar-refractivity contribution is -0.130. The Morgan fingerprint density at radius 2 is 1.58 bits per heavy atom. The van der Waals surface area contributed by atoms with Crippen molar-refractivity contribution in [2.45, 2.75) is 42.8 Å². The molecule has 0 spiro atoms. The normalized spacial score (nSPS) is 17.5. The fourth-order valence-corrected chi connectivity index (χ4v) is 4.60. The van der Waals surface area contributed by atoms with Crippen LogP contribution in [0, 0.1) is 0 Å². The summed E-state index contributed by atoms with van der Waals surface area (Å²) < 4.78 is 25.8. The van der Waals surface area contributed by atoms with Gasteiger partial charge in [0.15, 0.2) is 9.84 Å². The van der Waals surface area contributed by atoms with E-state index in [1.54, 1.807) is 23.1 Å². The van der Waals surface area contributed by atoms with E-state index >= 15 is 0 Å². The summed E-state index contributed by atoms with van der Waals surface area (Å²) in [7, 11) is -3.68. The number of carbonyl (C=O) groups excluding carboxylic acids is 1. The van der Waals surface area contributed by atoms with E-state index in [1.807, 2.05) is 24.3 Å². The minimum atomic E-state index is -3.68. The van der Waals surface area contributed by atoms with Crippen molar-refractivity contribution in [2.75, 3.05) is 13.1 Å². The van der Waals surface area contributed by atoms with Gasteiger partial charge in [-0.15, -0.1) is 0 Å². The molecule has 1 amide bonds. The summed E-state index contributed by atoms with van der Waals surface area (Å²) in [6.45, 7) is 2.84. The second kappa shape index (κ2) is 6.93. The fraction of sp³-hybridized carbons (Fsp3) is 0.421. The maximum absolute atomic E-state index is 12.9. The summed E-state index contributed by atoms with van der Waals surface area (Å²) in [6.07, 6.45) is 4.12. The van der Waals surface area contributed by atoms with E-state index in [4.69, 9.17) is 0 Å². The molecule has 2 aromatic rings.